The second kappa shape index (κ2) is 10.3. The summed E-state index contributed by atoms with van der Waals surface area (Å²) in [5.74, 6) is 0.126. The number of hydrogen-bond donors (Lipinski definition) is 1. The van der Waals surface area contributed by atoms with E-state index >= 15 is 0 Å². The Balaban J connectivity index is 1.69. The van der Waals surface area contributed by atoms with Gasteiger partial charge in [0, 0.05) is 0 Å². The van der Waals surface area contributed by atoms with E-state index in [4.69, 9.17) is 4.74 Å². The third-order valence-electron chi connectivity index (χ3n) is 6.05. The van der Waals surface area contributed by atoms with Crippen molar-refractivity contribution in [2.75, 3.05) is 0 Å². The van der Waals surface area contributed by atoms with Gasteiger partial charge in [-0.3, -0.25) is 0 Å². The van der Waals surface area contributed by atoms with Gasteiger partial charge in [0.15, 0.2) is 0 Å². The Bertz CT molecular complexity index is 1050. The molecule has 0 saturated heterocycles. The highest BCUT2D eigenvalue weighted by atomic mass is 32.2. The third-order valence-corrected chi connectivity index (χ3v) is 7.47. The van der Waals surface area contributed by atoms with Crippen molar-refractivity contribution in [2.45, 2.75) is 44.0 Å². The summed E-state index contributed by atoms with van der Waals surface area (Å²) in [6.07, 6.45) is 1.85. The second-order valence-corrected chi connectivity index (χ2v) is 10.1. The Hall–Kier alpha value is -2.98. The van der Waals surface area contributed by atoms with Crippen LogP contribution < -0.4 is 0 Å². The highest BCUT2D eigenvalue weighted by Gasteiger charge is 2.44. The van der Waals surface area contributed by atoms with Crippen LogP contribution in [-0.4, -0.2) is 11.1 Å². The zero-order chi connectivity index (χ0) is 23.3. The summed E-state index contributed by atoms with van der Waals surface area (Å²) in [5, 5.41) is 11.1. The van der Waals surface area contributed by atoms with Gasteiger partial charge >= 0.3 is 5.97 Å². The average Bonchev–Trinajstić information content (AvgIpc) is 2.84. The zero-order valence-corrected chi connectivity index (χ0v) is 19.9. The van der Waals surface area contributed by atoms with Crippen molar-refractivity contribution in [3.8, 4) is 0 Å². The summed E-state index contributed by atoms with van der Waals surface area (Å²) in [7, 11) is 0. The van der Waals surface area contributed by atoms with Crippen molar-refractivity contribution < 1.29 is 14.6 Å². The summed E-state index contributed by atoms with van der Waals surface area (Å²) in [6, 6.07) is 29.9. The molecule has 170 valence electrons. The van der Waals surface area contributed by atoms with Gasteiger partial charge in [0.25, 0.3) is 0 Å². The molecule has 3 aromatic rings. The highest BCUT2D eigenvalue weighted by molar-refractivity contribution is 8.04. The van der Waals surface area contributed by atoms with E-state index in [9.17, 15) is 9.90 Å². The van der Waals surface area contributed by atoms with Gasteiger partial charge in [0.2, 0.25) is 0 Å². The number of carbonyl (C=O) groups is 1. The molecule has 1 aliphatic heterocycles. The first-order valence-electron chi connectivity index (χ1n) is 11.5. The van der Waals surface area contributed by atoms with Gasteiger partial charge in [-0.2, -0.15) is 0 Å². The lowest BCUT2D eigenvalue weighted by Crippen LogP contribution is -2.38. The number of aliphatic hydroxyl groups excluding tert-OH is 1. The molecule has 0 radical (unpaired) electrons. The van der Waals surface area contributed by atoms with Gasteiger partial charge < -0.3 is 9.84 Å². The fourth-order valence-electron chi connectivity index (χ4n) is 4.26. The van der Waals surface area contributed by atoms with Gasteiger partial charge in [-0.15, -0.1) is 11.8 Å². The van der Waals surface area contributed by atoms with E-state index in [0.717, 1.165) is 23.1 Å². The minimum atomic E-state index is -0.842. The molecule has 0 fully saturated rings. The summed E-state index contributed by atoms with van der Waals surface area (Å²) < 4.78 is 6.19. The van der Waals surface area contributed by atoms with Crippen LogP contribution >= 0.6 is 11.8 Å². The smallest absolute Gasteiger partial charge is 0.349 e. The lowest BCUT2D eigenvalue weighted by Gasteiger charge is -2.38. The minimum absolute atomic E-state index is 0.112. The Morgan fingerprint density at radius 2 is 1.39 bits per heavy atom. The van der Waals surface area contributed by atoms with E-state index in [1.807, 2.05) is 91.0 Å². The molecule has 1 heterocycles. The Morgan fingerprint density at radius 1 is 0.879 bits per heavy atom. The molecule has 0 amide bonds. The van der Waals surface area contributed by atoms with Crippen molar-refractivity contribution in [3.05, 3.63) is 118 Å². The minimum Gasteiger partial charge on any atom is -0.511 e. The fourth-order valence-corrected chi connectivity index (χ4v) is 5.42. The van der Waals surface area contributed by atoms with Crippen molar-refractivity contribution in [1.82, 2.24) is 0 Å². The average molecular weight is 459 g/mol. The number of cyclic esters (lactones) is 1. The Morgan fingerprint density at radius 3 is 1.88 bits per heavy atom. The number of ether oxygens (including phenoxy) is 1. The SMILES string of the molecule is CC(C)CCC1(c2ccccc2)CC(O)=C(SC(c2ccccc2)c2ccccc2)C(=O)O1. The van der Waals surface area contributed by atoms with E-state index in [2.05, 4.69) is 13.8 Å². The van der Waals surface area contributed by atoms with E-state index in [0.29, 0.717) is 17.2 Å². The maximum absolute atomic E-state index is 13.4. The third kappa shape index (κ3) is 5.33. The maximum atomic E-state index is 13.4. The lowest BCUT2D eigenvalue weighted by atomic mass is 9.82. The standard InChI is InChI=1S/C29H30O3S/c1-21(2)18-19-29(24-16-10-5-11-17-24)20-25(30)27(28(31)32-29)33-26(22-12-6-3-7-13-22)23-14-8-4-9-15-23/h3-17,21,26,30H,18-20H2,1-2H3. The van der Waals surface area contributed by atoms with Crippen LogP contribution in [0.4, 0.5) is 0 Å². The van der Waals surface area contributed by atoms with Crippen molar-refractivity contribution >= 4 is 17.7 Å². The van der Waals surface area contributed by atoms with E-state index < -0.39 is 11.6 Å². The molecule has 4 heteroatoms. The first-order chi connectivity index (χ1) is 16.0. The lowest BCUT2D eigenvalue weighted by molar-refractivity contribution is -0.160. The van der Waals surface area contributed by atoms with Crippen LogP contribution in [0.1, 0.15) is 55.1 Å². The van der Waals surface area contributed by atoms with Crippen LogP contribution in [0.5, 0.6) is 0 Å². The van der Waals surface area contributed by atoms with E-state index in [-0.39, 0.29) is 17.4 Å². The number of hydrogen-bond acceptors (Lipinski definition) is 4. The van der Waals surface area contributed by atoms with Crippen LogP contribution in [0.3, 0.4) is 0 Å². The molecule has 1 atom stereocenters. The molecule has 1 N–H and O–H groups in total. The quantitative estimate of drug-likeness (QED) is 0.354. The maximum Gasteiger partial charge on any atom is 0.349 e. The number of benzene rings is 3. The predicted octanol–water partition coefficient (Wildman–Crippen LogP) is 7.56. The predicted molar refractivity (Wildman–Crippen MR) is 135 cm³/mol. The summed E-state index contributed by atoms with van der Waals surface area (Å²) in [5.41, 5.74) is 2.23. The van der Waals surface area contributed by atoms with Crippen molar-refractivity contribution in [3.63, 3.8) is 0 Å². The molecule has 0 aromatic heterocycles. The Labute approximate surface area is 200 Å². The summed E-state index contributed by atoms with van der Waals surface area (Å²) in [4.78, 5) is 13.7. The van der Waals surface area contributed by atoms with Crippen LogP contribution in [-0.2, 0) is 15.1 Å². The number of aliphatic hydroxyl groups is 1. The molecule has 3 nitrogen and oxygen atoms in total. The number of rotatable bonds is 8. The van der Waals surface area contributed by atoms with Gasteiger partial charge in [0.05, 0.1) is 11.7 Å². The van der Waals surface area contributed by atoms with E-state index in [1.165, 1.54) is 11.8 Å². The molecule has 33 heavy (non-hydrogen) atoms. The van der Waals surface area contributed by atoms with Crippen molar-refractivity contribution in [1.29, 1.82) is 0 Å². The monoisotopic (exact) mass is 458 g/mol. The molecular formula is C29H30O3S. The van der Waals surface area contributed by atoms with Gasteiger partial charge in [-0.1, -0.05) is 105 Å². The van der Waals surface area contributed by atoms with Crippen LogP contribution in [0.15, 0.2) is 102 Å². The first-order valence-corrected chi connectivity index (χ1v) is 12.3. The molecular weight excluding hydrogens is 428 g/mol. The first kappa shape index (κ1) is 23.2. The molecule has 0 bridgehead atoms. The van der Waals surface area contributed by atoms with Gasteiger partial charge in [0.1, 0.15) is 16.3 Å². The second-order valence-electron chi connectivity index (χ2n) is 8.95. The number of thioether (sulfide) groups is 1. The fraction of sp³-hybridized carbons (Fsp3) is 0.276. The topological polar surface area (TPSA) is 46.5 Å². The molecule has 0 spiro atoms. The summed E-state index contributed by atoms with van der Waals surface area (Å²) >= 11 is 1.36. The van der Waals surface area contributed by atoms with Gasteiger partial charge in [-0.05, 0) is 35.4 Å². The Kier molecular flexibility index (Phi) is 7.24. The largest absolute Gasteiger partial charge is 0.511 e. The number of carbonyl (C=O) groups excluding carboxylic acids is 1. The van der Waals surface area contributed by atoms with Crippen molar-refractivity contribution in [2.24, 2.45) is 5.92 Å². The van der Waals surface area contributed by atoms with Crippen LogP contribution in [0, 0.1) is 5.92 Å². The zero-order valence-electron chi connectivity index (χ0n) is 19.1. The molecule has 4 rings (SSSR count). The normalized spacial score (nSPS) is 18.6. The number of esters is 1. The molecule has 3 aromatic carbocycles. The molecule has 0 aliphatic carbocycles. The van der Waals surface area contributed by atoms with Gasteiger partial charge in [-0.25, -0.2) is 4.79 Å². The van der Waals surface area contributed by atoms with Crippen LogP contribution in [0.2, 0.25) is 0 Å². The summed E-state index contributed by atoms with van der Waals surface area (Å²) in [6.45, 7) is 4.31. The molecule has 1 aliphatic rings. The molecule has 1 unspecified atom stereocenters. The van der Waals surface area contributed by atoms with E-state index in [1.54, 1.807) is 0 Å². The van der Waals surface area contributed by atoms with Crippen LogP contribution in [0.25, 0.3) is 0 Å². The molecule has 0 saturated carbocycles. The highest BCUT2D eigenvalue weighted by Crippen LogP contribution is 2.48.